The number of carbonyl (C=O) groups is 1. The minimum atomic E-state index is -0.566. The highest BCUT2D eigenvalue weighted by molar-refractivity contribution is 5.78. The van der Waals surface area contributed by atoms with Gasteiger partial charge in [-0.2, -0.15) is 0 Å². The van der Waals surface area contributed by atoms with Crippen LogP contribution in [-0.2, 0) is 4.79 Å². The van der Waals surface area contributed by atoms with Gasteiger partial charge in [0.15, 0.2) is 6.61 Å². The molecular weight excluding hydrogens is 294 g/mol. The lowest BCUT2D eigenvalue weighted by molar-refractivity contribution is -0.124. The SMILES string of the molecule is Cc1ccc(C(C)C)cc1OCC(=O)NC(CO)c1ccco1. The zero-order valence-electron chi connectivity index (χ0n) is 13.7. The van der Waals surface area contributed by atoms with Gasteiger partial charge in [-0.25, -0.2) is 0 Å². The van der Waals surface area contributed by atoms with Crippen molar-refractivity contribution in [2.24, 2.45) is 0 Å². The smallest absolute Gasteiger partial charge is 0.258 e. The molecule has 0 saturated carbocycles. The van der Waals surface area contributed by atoms with Gasteiger partial charge in [-0.1, -0.05) is 26.0 Å². The molecule has 2 aromatic rings. The number of furan rings is 1. The standard InChI is InChI=1S/C18H23NO4/c1-12(2)14-7-6-13(3)17(9-14)23-11-18(21)19-15(10-20)16-5-4-8-22-16/h4-9,12,15,20H,10-11H2,1-3H3,(H,19,21). The van der Waals surface area contributed by atoms with Gasteiger partial charge in [0.25, 0.3) is 5.91 Å². The van der Waals surface area contributed by atoms with Crippen molar-refractivity contribution in [1.82, 2.24) is 5.32 Å². The van der Waals surface area contributed by atoms with Gasteiger partial charge >= 0.3 is 0 Å². The van der Waals surface area contributed by atoms with Crippen molar-refractivity contribution in [2.45, 2.75) is 32.7 Å². The van der Waals surface area contributed by atoms with Crippen LogP contribution in [0.3, 0.4) is 0 Å². The van der Waals surface area contributed by atoms with Gasteiger partial charge in [0.05, 0.1) is 12.9 Å². The van der Waals surface area contributed by atoms with Crippen LogP contribution in [0.4, 0.5) is 0 Å². The summed E-state index contributed by atoms with van der Waals surface area (Å²) in [5.74, 6) is 1.29. The molecule has 1 atom stereocenters. The summed E-state index contributed by atoms with van der Waals surface area (Å²) in [5.41, 5.74) is 2.14. The Balaban J connectivity index is 1.95. The highest BCUT2D eigenvalue weighted by Crippen LogP contribution is 2.24. The molecule has 2 N–H and O–H groups in total. The van der Waals surface area contributed by atoms with Crippen LogP contribution in [0.15, 0.2) is 41.0 Å². The van der Waals surface area contributed by atoms with Gasteiger partial charge in [-0.3, -0.25) is 4.79 Å². The molecule has 23 heavy (non-hydrogen) atoms. The van der Waals surface area contributed by atoms with E-state index in [0.29, 0.717) is 17.4 Å². The Morgan fingerprint density at radius 2 is 2.13 bits per heavy atom. The number of amides is 1. The predicted octanol–water partition coefficient (Wildman–Crippen LogP) is 2.94. The fourth-order valence-electron chi connectivity index (χ4n) is 2.21. The summed E-state index contributed by atoms with van der Waals surface area (Å²) in [6.45, 7) is 5.81. The average molecular weight is 317 g/mol. The van der Waals surface area contributed by atoms with E-state index in [1.165, 1.54) is 6.26 Å². The second kappa shape index (κ2) is 7.83. The summed E-state index contributed by atoms with van der Waals surface area (Å²) < 4.78 is 10.8. The fourth-order valence-corrected chi connectivity index (χ4v) is 2.21. The topological polar surface area (TPSA) is 71.7 Å². The first kappa shape index (κ1) is 17.1. The first-order chi connectivity index (χ1) is 11.0. The molecule has 1 aromatic heterocycles. The number of aliphatic hydroxyl groups is 1. The lowest BCUT2D eigenvalue weighted by atomic mass is 10.0. The van der Waals surface area contributed by atoms with E-state index in [2.05, 4.69) is 25.2 Å². The lowest BCUT2D eigenvalue weighted by Crippen LogP contribution is -2.34. The zero-order chi connectivity index (χ0) is 16.8. The van der Waals surface area contributed by atoms with Crippen LogP contribution < -0.4 is 10.1 Å². The third kappa shape index (κ3) is 4.60. The van der Waals surface area contributed by atoms with Crippen molar-refractivity contribution in [1.29, 1.82) is 0 Å². The first-order valence-electron chi connectivity index (χ1n) is 7.68. The van der Waals surface area contributed by atoms with E-state index < -0.39 is 6.04 Å². The fraction of sp³-hybridized carbons (Fsp3) is 0.389. The Bertz CT molecular complexity index is 634. The third-order valence-corrected chi connectivity index (χ3v) is 3.64. The number of hydrogen-bond donors (Lipinski definition) is 2. The number of ether oxygens (including phenoxy) is 1. The summed E-state index contributed by atoms with van der Waals surface area (Å²) in [7, 11) is 0. The summed E-state index contributed by atoms with van der Waals surface area (Å²) in [4.78, 5) is 12.0. The Labute approximate surface area is 136 Å². The summed E-state index contributed by atoms with van der Waals surface area (Å²) in [6.07, 6.45) is 1.50. The molecule has 1 heterocycles. The Morgan fingerprint density at radius 3 is 2.74 bits per heavy atom. The van der Waals surface area contributed by atoms with Crippen molar-refractivity contribution in [3.05, 3.63) is 53.5 Å². The van der Waals surface area contributed by atoms with Crippen LogP contribution in [0.2, 0.25) is 0 Å². The maximum atomic E-state index is 12.0. The summed E-state index contributed by atoms with van der Waals surface area (Å²) in [5, 5.41) is 12.0. The van der Waals surface area contributed by atoms with Crippen molar-refractivity contribution >= 4 is 5.91 Å². The van der Waals surface area contributed by atoms with Crippen molar-refractivity contribution in [2.75, 3.05) is 13.2 Å². The van der Waals surface area contributed by atoms with Crippen LogP contribution in [0.1, 0.15) is 42.7 Å². The molecule has 0 radical (unpaired) electrons. The van der Waals surface area contributed by atoms with E-state index >= 15 is 0 Å². The number of aliphatic hydroxyl groups excluding tert-OH is 1. The maximum absolute atomic E-state index is 12.0. The number of nitrogens with one attached hydrogen (secondary N) is 1. The van der Waals surface area contributed by atoms with Gasteiger partial charge in [0.2, 0.25) is 0 Å². The average Bonchev–Trinajstić information content (AvgIpc) is 3.05. The molecule has 0 saturated heterocycles. The number of carbonyl (C=O) groups excluding carboxylic acids is 1. The Kier molecular flexibility index (Phi) is 5.82. The molecule has 0 aliphatic carbocycles. The van der Waals surface area contributed by atoms with Crippen molar-refractivity contribution in [3.8, 4) is 5.75 Å². The van der Waals surface area contributed by atoms with Gasteiger partial charge in [0, 0.05) is 0 Å². The molecular formula is C18H23NO4. The van der Waals surface area contributed by atoms with E-state index in [0.717, 1.165) is 11.1 Å². The van der Waals surface area contributed by atoms with Crippen LogP contribution >= 0.6 is 0 Å². The molecule has 0 aliphatic heterocycles. The zero-order valence-corrected chi connectivity index (χ0v) is 13.7. The van der Waals surface area contributed by atoms with Gasteiger partial charge < -0.3 is 19.6 Å². The molecule has 1 amide bonds. The minimum Gasteiger partial charge on any atom is -0.483 e. The van der Waals surface area contributed by atoms with Crippen molar-refractivity contribution in [3.63, 3.8) is 0 Å². The highest BCUT2D eigenvalue weighted by atomic mass is 16.5. The van der Waals surface area contributed by atoms with E-state index in [9.17, 15) is 9.90 Å². The molecule has 2 rings (SSSR count). The molecule has 1 unspecified atom stereocenters. The van der Waals surface area contributed by atoms with E-state index in [4.69, 9.17) is 9.15 Å². The van der Waals surface area contributed by atoms with Gasteiger partial charge in [-0.05, 0) is 42.2 Å². The second-order valence-electron chi connectivity index (χ2n) is 5.79. The summed E-state index contributed by atoms with van der Waals surface area (Å²) >= 11 is 0. The Hall–Kier alpha value is -2.27. The normalized spacial score (nSPS) is 12.2. The largest absolute Gasteiger partial charge is 0.483 e. The molecule has 5 nitrogen and oxygen atoms in total. The second-order valence-corrected chi connectivity index (χ2v) is 5.79. The number of aryl methyl sites for hydroxylation is 1. The predicted molar refractivity (Wildman–Crippen MR) is 87.4 cm³/mol. The molecule has 0 aliphatic rings. The monoisotopic (exact) mass is 317 g/mol. The van der Waals surface area contributed by atoms with E-state index in [1.807, 2.05) is 19.1 Å². The maximum Gasteiger partial charge on any atom is 0.258 e. The van der Waals surface area contributed by atoms with Crippen LogP contribution in [-0.4, -0.2) is 24.2 Å². The molecule has 0 fully saturated rings. The molecule has 124 valence electrons. The van der Waals surface area contributed by atoms with Crippen LogP contribution in [0.5, 0.6) is 5.75 Å². The highest BCUT2D eigenvalue weighted by Gasteiger charge is 2.16. The van der Waals surface area contributed by atoms with Crippen LogP contribution in [0, 0.1) is 6.92 Å². The number of benzene rings is 1. The van der Waals surface area contributed by atoms with Gasteiger partial charge in [0.1, 0.15) is 17.6 Å². The number of rotatable bonds is 7. The quantitative estimate of drug-likeness (QED) is 0.823. The molecule has 0 spiro atoms. The molecule has 0 bridgehead atoms. The number of hydrogen-bond acceptors (Lipinski definition) is 4. The van der Waals surface area contributed by atoms with E-state index in [1.54, 1.807) is 12.1 Å². The summed E-state index contributed by atoms with van der Waals surface area (Å²) in [6, 6.07) is 8.86. The minimum absolute atomic E-state index is 0.112. The Morgan fingerprint density at radius 1 is 1.35 bits per heavy atom. The van der Waals surface area contributed by atoms with Crippen LogP contribution in [0.25, 0.3) is 0 Å². The first-order valence-corrected chi connectivity index (χ1v) is 7.68. The lowest BCUT2D eigenvalue weighted by Gasteiger charge is -2.16. The molecule has 1 aromatic carbocycles. The van der Waals surface area contributed by atoms with Crippen molar-refractivity contribution < 1.29 is 19.1 Å². The van der Waals surface area contributed by atoms with Gasteiger partial charge in [-0.15, -0.1) is 0 Å². The van der Waals surface area contributed by atoms with E-state index in [-0.39, 0.29) is 19.1 Å². The molecule has 5 heteroatoms. The third-order valence-electron chi connectivity index (χ3n) is 3.64.